The molecule has 5 heteroatoms. The van der Waals surface area contributed by atoms with Gasteiger partial charge in [-0.05, 0) is 37.1 Å². The number of hydrogen-bond acceptors (Lipinski definition) is 4. The molecule has 31 heavy (non-hydrogen) atoms. The van der Waals surface area contributed by atoms with Gasteiger partial charge in [0, 0.05) is 23.2 Å². The fourth-order valence-corrected chi connectivity index (χ4v) is 3.67. The third-order valence-corrected chi connectivity index (χ3v) is 5.28. The zero-order valence-electron chi connectivity index (χ0n) is 17.7. The molecule has 0 spiro atoms. The van der Waals surface area contributed by atoms with Gasteiger partial charge in [0.2, 0.25) is 5.88 Å². The molecule has 4 rings (SSSR count). The van der Waals surface area contributed by atoms with E-state index < -0.39 is 5.97 Å². The highest BCUT2D eigenvalue weighted by molar-refractivity contribution is 6.11. The van der Waals surface area contributed by atoms with Crippen molar-refractivity contribution in [2.24, 2.45) is 5.16 Å². The molecule has 0 aliphatic carbocycles. The minimum Gasteiger partial charge on any atom is -0.448 e. The summed E-state index contributed by atoms with van der Waals surface area (Å²) in [6.07, 6.45) is 8.82. The van der Waals surface area contributed by atoms with Crippen LogP contribution in [0.4, 0.5) is 0 Å². The summed E-state index contributed by atoms with van der Waals surface area (Å²) < 4.78 is 7.63. The van der Waals surface area contributed by atoms with E-state index in [2.05, 4.69) is 18.1 Å². The van der Waals surface area contributed by atoms with Crippen LogP contribution in [0.25, 0.3) is 16.8 Å². The zero-order chi connectivity index (χ0) is 21.5. The molecule has 0 bridgehead atoms. The molecule has 0 amide bonds. The molecular weight excluding hydrogens is 388 g/mol. The Labute approximate surface area is 181 Å². The fourth-order valence-electron chi connectivity index (χ4n) is 3.67. The topological polar surface area (TPSA) is 56.7 Å². The van der Waals surface area contributed by atoms with Gasteiger partial charge in [-0.1, -0.05) is 67.7 Å². The van der Waals surface area contributed by atoms with Gasteiger partial charge in [-0.15, -0.1) is 0 Å². The van der Waals surface area contributed by atoms with Crippen molar-refractivity contribution in [1.82, 2.24) is 4.57 Å². The van der Waals surface area contributed by atoms with E-state index >= 15 is 0 Å². The third-order valence-electron chi connectivity index (χ3n) is 5.28. The highest BCUT2D eigenvalue weighted by Crippen LogP contribution is 2.27. The van der Waals surface area contributed by atoms with Crippen molar-refractivity contribution in [3.05, 3.63) is 90.3 Å². The second kappa shape index (κ2) is 9.94. The SMILES string of the molecule is CCCCCC/C(=N\OC(=O)c1ccccc1)c1cn(-c2ccco2)c2ccccc12. The van der Waals surface area contributed by atoms with Gasteiger partial charge >= 0.3 is 5.97 Å². The molecule has 0 saturated heterocycles. The lowest BCUT2D eigenvalue weighted by molar-refractivity contribution is 0.0515. The molecule has 0 aliphatic heterocycles. The average molecular weight is 415 g/mol. The van der Waals surface area contributed by atoms with Gasteiger partial charge in [0.15, 0.2) is 0 Å². The number of unbranched alkanes of at least 4 members (excludes halogenated alkanes) is 3. The van der Waals surface area contributed by atoms with E-state index in [4.69, 9.17) is 9.25 Å². The van der Waals surface area contributed by atoms with Crippen molar-refractivity contribution >= 4 is 22.6 Å². The maximum atomic E-state index is 12.5. The molecule has 5 nitrogen and oxygen atoms in total. The monoisotopic (exact) mass is 414 g/mol. The Hall–Kier alpha value is -3.60. The number of furan rings is 1. The molecule has 0 unspecified atom stereocenters. The summed E-state index contributed by atoms with van der Waals surface area (Å²) in [5, 5.41) is 5.38. The Morgan fingerprint density at radius 1 is 0.968 bits per heavy atom. The van der Waals surface area contributed by atoms with Crippen LogP contribution >= 0.6 is 0 Å². The zero-order valence-corrected chi connectivity index (χ0v) is 17.7. The number of benzene rings is 2. The molecule has 158 valence electrons. The number of aromatic nitrogens is 1. The van der Waals surface area contributed by atoms with Crippen molar-refractivity contribution in [1.29, 1.82) is 0 Å². The van der Waals surface area contributed by atoms with E-state index in [0.717, 1.165) is 53.7 Å². The Morgan fingerprint density at radius 3 is 2.55 bits per heavy atom. The van der Waals surface area contributed by atoms with E-state index in [1.807, 2.05) is 59.3 Å². The normalized spacial score (nSPS) is 11.7. The van der Waals surface area contributed by atoms with Crippen LogP contribution in [-0.2, 0) is 4.84 Å². The van der Waals surface area contributed by atoms with E-state index in [0.29, 0.717) is 5.56 Å². The first kappa shape index (κ1) is 20.7. The lowest BCUT2D eigenvalue weighted by Crippen LogP contribution is -2.06. The average Bonchev–Trinajstić information content (AvgIpc) is 3.47. The van der Waals surface area contributed by atoms with Crippen LogP contribution in [0.3, 0.4) is 0 Å². The highest BCUT2D eigenvalue weighted by Gasteiger charge is 2.17. The number of rotatable bonds is 9. The quantitative estimate of drug-likeness (QED) is 0.132. The van der Waals surface area contributed by atoms with Crippen molar-refractivity contribution < 1.29 is 14.0 Å². The van der Waals surface area contributed by atoms with Crippen molar-refractivity contribution in [3.63, 3.8) is 0 Å². The summed E-state index contributed by atoms with van der Waals surface area (Å²) in [4.78, 5) is 17.8. The van der Waals surface area contributed by atoms with Gasteiger partial charge in [-0.2, -0.15) is 0 Å². The second-order valence-corrected chi connectivity index (χ2v) is 7.47. The van der Waals surface area contributed by atoms with Gasteiger partial charge in [0.05, 0.1) is 23.1 Å². The summed E-state index contributed by atoms with van der Waals surface area (Å²) in [7, 11) is 0. The van der Waals surface area contributed by atoms with Crippen molar-refractivity contribution in [3.8, 4) is 5.88 Å². The Bertz CT molecular complexity index is 1160. The lowest BCUT2D eigenvalue weighted by Gasteiger charge is -2.06. The molecule has 0 N–H and O–H groups in total. The number of oxime groups is 1. The maximum absolute atomic E-state index is 12.5. The molecule has 4 aromatic rings. The van der Waals surface area contributed by atoms with Gasteiger partial charge in [-0.25, -0.2) is 4.79 Å². The first-order valence-corrected chi connectivity index (χ1v) is 10.8. The Balaban J connectivity index is 1.69. The Morgan fingerprint density at radius 2 is 1.77 bits per heavy atom. The van der Waals surface area contributed by atoms with Crippen molar-refractivity contribution in [2.45, 2.75) is 39.0 Å². The van der Waals surface area contributed by atoms with Gasteiger partial charge < -0.3 is 9.25 Å². The standard InChI is InChI=1S/C26H26N2O3/c1-2-3-4-8-15-23(27-31-26(29)20-12-6-5-7-13-20)22-19-28(25-17-11-18-30-25)24-16-10-9-14-21(22)24/h5-7,9-14,16-19H,2-4,8,15H2,1H3/b27-23+. The minimum absolute atomic E-state index is 0.457. The predicted molar refractivity (Wildman–Crippen MR) is 123 cm³/mol. The van der Waals surface area contributed by atoms with Gasteiger partial charge in [0.1, 0.15) is 0 Å². The summed E-state index contributed by atoms with van der Waals surface area (Å²) in [5.41, 5.74) is 3.21. The number of fused-ring (bicyclic) bond motifs is 1. The van der Waals surface area contributed by atoms with E-state index in [1.54, 1.807) is 18.4 Å². The molecule has 0 saturated carbocycles. The maximum Gasteiger partial charge on any atom is 0.365 e. The minimum atomic E-state index is -0.457. The molecule has 0 radical (unpaired) electrons. The number of carbonyl (C=O) groups excluding carboxylic acids is 1. The van der Waals surface area contributed by atoms with Crippen LogP contribution in [0.1, 0.15) is 54.9 Å². The molecular formula is C26H26N2O3. The lowest BCUT2D eigenvalue weighted by atomic mass is 10.0. The summed E-state index contributed by atoms with van der Waals surface area (Å²) in [5.74, 6) is 0.274. The second-order valence-electron chi connectivity index (χ2n) is 7.47. The van der Waals surface area contributed by atoms with Crippen LogP contribution in [0.5, 0.6) is 0 Å². The number of nitrogens with zero attached hydrogens (tertiary/aromatic N) is 2. The van der Waals surface area contributed by atoms with Crippen molar-refractivity contribution in [2.75, 3.05) is 0 Å². The van der Waals surface area contributed by atoms with Crippen LogP contribution in [0.2, 0.25) is 0 Å². The van der Waals surface area contributed by atoms with E-state index in [9.17, 15) is 4.79 Å². The third kappa shape index (κ3) is 4.77. The molecule has 0 aliphatic rings. The summed E-state index contributed by atoms with van der Waals surface area (Å²) in [6, 6.07) is 20.8. The van der Waals surface area contributed by atoms with Crippen LogP contribution in [0, 0.1) is 0 Å². The van der Waals surface area contributed by atoms with Gasteiger partial charge in [0.25, 0.3) is 0 Å². The molecule has 2 aromatic heterocycles. The Kier molecular flexibility index (Phi) is 6.62. The van der Waals surface area contributed by atoms with Crippen LogP contribution in [-0.4, -0.2) is 16.2 Å². The smallest absolute Gasteiger partial charge is 0.365 e. The van der Waals surface area contributed by atoms with Crippen LogP contribution < -0.4 is 0 Å². The first-order chi connectivity index (χ1) is 15.3. The first-order valence-electron chi connectivity index (χ1n) is 10.8. The molecule has 0 atom stereocenters. The molecule has 0 fully saturated rings. The number of para-hydroxylation sites is 1. The highest BCUT2D eigenvalue weighted by atomic mass is 16.7. The van der Waals surface area contributed by atoms with E-state index in [1.165, 1.54) is 6.42 Å². The summed E-state index contributed by atoms with van der Waals surface area (Å²) in [6.45, 7) is 2.19. The predicted octanol–water partition coefficient (Wildman–Crippen LogP) is 6.76. The molecule has 2 heterocycles. The molecule has 2 aromatic carbocycles. The number of hydrogen-bond donors (Lipinski definition) is 0. The van der Waals surface area contributed by atoms with Crippen LogP contribution in [0.15, 0.2) is 88.8 Å². The van der Waals surface area contributed by atoms with Gasteiger partial charge in [-0.3, -0.25) is 4.57 Å². The number of carbonyl (C=O) groups is 1. The van der Waals surface area contributed by atoms with E-state index in [-0.39, 0.29) is 0 Å². The summed E-state index contributed by atoms with van der Waals surface area (Å²) >= 11 is 0. The fraction of sp³-hybridized carbons (Fsp3) is 0.231. The largest absolute Gasteiger partial charge is 0.448 e.